The minimum atomic E-state index is -0.335. The summed E-state index contributed by atoms with van der Waals surface area (Å²) in [5, 5.41) is 3.27. The molecule has 0 bridgehead atoms. The Labute approximate surface area is 88.7 Å². The van der Waals surface area contributed by atoms with Crippen LogP contribution in [0.3, 0.4) is 0 Å². The Morgan fingerprint density at radius 2 is 2.13 bits per heavy atom. The van der Waals surface area contributed by atoms with Gasteiger partial charge in [0.25, 0.3) is 0 Å². The van der Waals surface area contributed by atoms with E-state index < -0.39 is 0 Å². The molecule has 0 atom stereocenters. The van der Waals surface area contributed by atoms with Gasteiger partial charge in [0.2, 0.25) is 5.88 Å². The van der Waals surface area contributed by atoms with Gasteiger partial charge < -0.3 is 10.1 Å². The van der Waals surface area contributed by atoms with Gasteiger partial charge in [0.15, 0.2) is 0 Å². The molecule has 0 unspecified atom stereocenters. The number of aromatic nitrogens is 1. The fraction of sp³-hybridized carbons (Fsp3) is 0.545. The number of halogens is 1. The topological polar surface area (TPSA) is 34.1 Å². The lowest BCUT2D eigenvalue weighted by Crippen LogP contribution is -2.43. The molecule has 0 aromatic carbocycles. The zero-order valence-corrected chi connectivity index (χ0v) is 8.79. The molecule has 1 saturated heterocycles. The largest absolute Gasteiger partial charge is 0.471 e. The third-order valence-corrected chi connectivity index (χ3v) is 2.71. The van der Waals surface area contributed by atoms with Crippen LogP contribution >= 0.6 is 0 Å². The summed E-state index contributed by atoms with van der Waals surface area (Å²) in [4.78, 5) is 3.90. The number of piperidine rings is 1. The van der Waals surface area contributed by atoms with E-state index in [1.54, 1.807) is 6.07 Å². The summed E-state index contributed by atoms with van der Waals surface area (Å²) in [6.07, 6.45) is 3.08. The normalized spacial score (nSPS) is 19.9. The minimum absolute atomic E-state index is 0.171. The number of nitrogens with zero attached hydrogens (tertiary/aromatic N) is 1. The molecule has 2 heterocycles. The van der Waals surface area contributed by atoms with E-state index in [1.807, 2.05) is 0 Å². The monoisotopic (exact) mass is 210 g/mol. The highest BCUT2D eigenvalue weighted by Gasteiger charge is 2.28. The summed E-state index contributed by atoms with van der Waals surface area (Å²) in [5.74, 6) is 0.165. The Bertz CT molecular complexity index is 320. The van der Waals surface area contributed by atoms with Gasteiger partial charge in [0.1, 0.15) is 11.4 Å². The SMILES string of the molecule is CC1(Oc2ccc(F)cn2)CCNCC1. The molecule has 0 radical (unpaired) electrons. The van der Waals surface area contributed by atoms with Crippen molar-refractivity contribution in [3.05, 3.63) is 24.1 Å². The maximum absolute atomic E-state index is 12.6. The summed E-state index contributed by atoms with van der Waals surface area (Å²) in [5.41, 5.74) is -0.171. The van der Waals surface area contributed by atoms with Crippen LogP contribution in [-0.2, 0) is 0 Å². The zero-order valence-electron chi connectivity index (χ0n) is 8.79. The molecule has 1 aliphatic rings. The molecule has 0 amide bonds. The van der Waals surface area contributed by atoms with Crippen LogP contribution in [0.5, 0.6) is 5.88 Å². The first-order valence-electron chi connectivity index (χ1n) is 5.19. The van der Waals surface area contributed by atoms with Crippen molar-refractivity contribution in [2.45, 2.75) is 25.4 Å². The fourth-order valence-corrected chi connectivity index (χ4v) is 1.73. The molecule has 1 aliphatic heterocycles. The molecule has 15 heavy (non-hydrogen) atoms. The molecule has 1 aromatic heterocycles. The average molecular weight is 210 g/mol. The Kier molecular flexibility index (Phi) is 2.86. The molecule has 0 aliphatic carbocycles. The fourth-order valence-electron chi connectivity index (χ4n) is 1.73. The quantitative estimate of drug-likeness (QED) is 0.807. The number of rotatable bonds is 2. The van der Waals surface area contributed by atoms with Crippen molar-refractivity contribution in [2.24, 2.45) is 0 Å². The number of nitrogens with one attached hydrogen (secondary N) is 1. The van der Waals surface area contributed by atoms with Gasteiger partial charge in [-0.25, -0.2) is 9.37 Å². The number of pyridine rings is 1. The van der Waals surface area contributed by atoms with Crippen LogP contribution in [0.1, 0.15) is 19.8 Å². The van der Waals surface area contributed by atoms with Gasteiger partial charge in [0, 0.05) is 6.07 Å². The van der Waals surface area contributed by atoms with Gasteiger partial charge in [-0.3, -0.25) is 0 Å². The summed E-state index contributed by atoms with van der Waals surface area (Å²) < 4.78 is 18.4. The van der Waals surface area contributed by atoms with Crippen LogP contribution in [0.15, 0.2) is 18.3 Å². The first kappa shape index (κ1) is 10.4. The van der Waals surface area contributed by atoms with Crippen LogP contribution in [-0.4, -0.2) is 23.7 Å². The molecule has 0 spiro atoms. The van der Waals surface area contributed by atoms with Crippen molar-refractivity contribution < 1.29 is 9.13 Å². The van der Waals surface area contributed by atoms with Gasteiger partial charge in [-0.05, 0) is 38.9 Å². The molecule has 3 nitrogen and oxygen atoms in total. The molecule has 2 rings (SSSR count). The second-order valence-corrected chi connectivity index (χ2v) is 4.12. The second-order valence-electron chi connectivity index (χ2n) is 4.12. The maximum atomic E-state index is 12.6. The van der Waals surface area contributed by atoms with E-state index in [1.165, 1.54) is 12.3 Å². The summed E-state index contributed by atoms with van der Waals surface area (Å²) in [6, 6.07) is 2.94. The van der Waals surface area contributed by atoms with Gasteiger partial charge in [-0.2, -0.15) is 0 Å². The van der Waals surface area contributed by atoms with Crippen LogP contribution in [0, 0.1) is 5.82 Å². The van der Waals surface area contributed by atoms with Crippen molar-refractivity contribution in [3.63, 3.8) is 0 Å². The lowest BCUT2D eigenvalue weighted by molar-refractivity contribution is 0.0507. The molecule has 1 aromatic rings. The molecule has 82 valence electrons. The molecule has 1 fully saturated rings. The molecular weight excluding hydrogens is 195 g/mol. The third kappa shape index (κ3) is 2.65. The Balaban J connectivity index is 2.03. The molecule has 1 N–H and O–H groups in total. The van der Waals surface area contributed by atoms with Gasteiger partial charge >= 0.3 is 0 Å². The summed E-state index contributed by atoms with van der Waals surface area (Å²) >= 11 is 0. The van der Waals surface area contributed by atoms with E-state index in [2.05, 4.69) is 17.2 Å². The van der Waals surface area contributed by atoms with Crippen LogP contribution < -0.4 is 10.1 Å². The van der Waals surface area contributed by atoms with Gasteiger partial charge in [-0.15, -0.1) is 0 Å². The number of hydrogen-bond acceptors (Lipinski definition) is 3. The Morgan fingerprint density at radius 3 is 2.73 bits per heavy atom. The van der Waals surface area contributed by atoms with E-state index >= 15 is 0 Å². The highest BCUT2D eigenvalue weighted by molar-refractivity contribution is 5.12. The number of ether oxygens (including phenoxy) is 1. The maximum Gasteiger partial charge on any atom is 0.213 e. The molecule has 4 heteroatoms. The minimum Gasteiger partial charge on any atom is -0.471 e. The lowest BCUT2D eigenvalue weighted by atomic mass is 9.95. The van der Waals surface area contributed by atoms with Crippen molar-refractivity contribution in [1.29, 1.82) is 0 Å². The highest BCUT2D eigenvalue weighted by Crippen LogP contribution is 2.24. The lowest BCUT2D eigenvalue weighted by Gasteiger charge is -2.34. The third-order valence-electron chi connectivity index (χ3n) is 2.71. The van der Waals surface area contributed by atoms with E-state index in [0.29, 0.717) is 5.88 Å². The molecule has 0 saturated carbocycles. The standard InChI is InChI=1S/C11H15FN2O/c1-11(4-6-13-7-5-11)15-10-3-2-9(12)8-14-10/h2-3,8,13H,4-7H2,1H3. The molecular formula is C11H15FN2O. The van der Waals surface area contributed by atoms with E-state index in [0.717, 1.165) is 25.9 Å². The first-order valence-corrected chi connectivity index (χ1v) is 5.19. The van der Waals surface area contributed by atoms with Crippen LogP contribution in [0.25, 0.3) is 0 Å². The number of hydrogen-bond donors (Lipinski definition) is 1. The van der Waals surface area contributed by atoms with Gasteiger partial charge in [-0.1, -0.05) is 0 Å². The van der Waals surface area contributed by atoms with E-state index in [-0.39, 0.29) is 11.4 Å². The predicted molar refractivity (Wildman–Crippen MR) is 55.3 cm³/mol. The van der Waals surface area contributed by atoms with Gasteiger partial charge in [0.05, 0.1) is 6.20 Å². The Hall–Kier alpha value is -1.16. The van der Waals surface area contributed by atoms with Crippen LogP contribution in [0.2, 0.25) is 0 Å². The highest BCUT2D eigenvalue weighted by atomic mass is 19.1. The second kappa shape index (κ2) is 4.14. The Morgan fingerprint density at radius 1 is 1.40 bits per heavy atom. The summed E-state index contributed by atoms with van der Waals surface area (Å²) in [7, 11) is 0. The first-order chi connectivity index (χ1) is 7.18. The van der Waals surface area contributed by atoms with Crippen molar-refractivity contribution in [2.75, 3.05) is 13.1 Å². The van der Waals surface area contributed by atoms with Crippen molar-refractivity contribution >= 4 is 0 Å². The predicted octanol–water partition coefficient (Wildman–Crippen LogP) is 1.74. The van der Waals surface area contributed by atoms with Crippen molar-refractivity contribution in [1.82, 2.24) is 10.3 Å². The van der Waals surface area contributed by atoms with E-state index in [9.17, 15) is 4.39 Å². The van der Waals surface area contributed by atoms with Crippen molar-refractivity contribution in [3.8, 4) is 5.88 Å². The van der Waals surface area contributed by atoms with E-state index in [4.69, 9.17) is 4.74 Å². The zero-order chi connectivity index (χ0) is 10.7. The smallest absolute Gasteiger partial charge is 0.213 e. The van der Waals surface area contributed by atoms with Crippen LogP contribution in [0.4, 0.5) is 4.39 Å². The summed E-state index contributed by atoms with van der Waals surface area (Å²) in [6.45, 7) is 3.98. The average Bonchev–Trinajstić information content (AvgIpc) is 2.22.